The molecule has 0 aliphatic carbocycles. The van der Waals surface area contributed by atoms with Crippen LogP contribution in [0.3, 0.4) is 0 Å². The van der Waals surface area contributed by atoms with Crippen LogP contribution in [0.4, 0.5) is 16.2 Å². The smallest absolute Gasteiger partial charge is 0.322 e. The first-order valence-corrected chi connectivity index (χ1v) is 10.8. The number of likely N-dealkylation sites (N-methyl/N-ethyl adjacent to an activating group) is 1. The second-order valence-corrected chi connectivity index (χ2v) is 7.80. The molecular formula is C24H30N4O4. The van der Waals surface area contributed by atoms with Gasteiger partial charge in [-0.15, -0.1) is 0 Å². The summed E-state index contributed by atoms with van der Waals surface area (Å²) in [4.78, 5) is 40.2. The molecule has 1 heterocycles. The molecule has 0 unspecified atom stereocenters. The molecule has 3 rings (SSSR count). The van der Waals surface area contributed by atoms with Gasteiger partial charge in [0.1, 0.15) is 0 Å². The number of esters is 1. The molecule has 32 heavy (non-hydrogen) atoms. The number of amides is 3. The highest BCUT2D eigenvalue weighted by atomic mass is 16.5. The van der Waals surface area contributed by atoms with Crippen molar-refractivity contribution in [3.05, 3.63) is 60.2 Å². The molecule has 2 N–H and O–H groups in total. The highest BCUT2D eigenvalue weighted by Gasteiger charge is 2.29. The largest absolute Gasteiger partial charge is 0.469 e. The average molecular weight is 439 g/mol. The van der Waals surface area contributed by atoms with Crippen molar-refractivity contribution in [1.82, 2.24) is 10.2 Å². The van der Waals surface area contributed by atoms with Gasteiger partial charge in [0.2, 0.25) is 0 Å². The quantitative estimate of drug-likeness (QED) is 0.618. The number of nitrogens with zero attached hydrogens (tertiary/aromatic N) is 2. The molecule has 1 saturated heterocycles. The van der Waals surface area contributed by atoms with E-state index in [9.17, 15) is 14.4 Å². The van der Waals surface area contributed by atoms with Crippen LogP contribution in [-0.4, -0.2) is 62.6 Å². The Kier molecular flexibility index (Phi) is 8.08. The summed E-state index contributed by atoms with van der Waals surface area (Å²) in [5.74, 6) is -0.658. The number of hydrogen-bond acceptors (Lipinski definition) is 5. The Morgan fingerprint density at radius 1 is 1.09 bits per heavy atom. The van der Waals surface area contributed by atoms with E-state index in [1.165, 1.54) is 7.11 Å². The fraction of sp³-hybridized carbons (Fsp3) is 0.375. The molecule has 0 bridgehead atoms. The first-order valence-electron chi connectivity index (χ1n) is 10.8. The van der Waals surface area contributed by atoms with Gasteiger partial charge in [0.05, 0.1) is 19.6 Å². The molecule has 8 nitrogen and oxygen atoms in total. The first-order chi connectivity index (χ1) is 15.5. The lowest BCUT2D eigenvalue weighted by Gasteiger charge is -2.30. The van der Waals surface area contributed by atoms with Crippen LogP contribution in [0, 0.1) is 0 Å². The third-order valence-corrected chi connectivity index (χ3v) is 5.56. The van der Waals surface area contributed by atoms with Crippen molar-refractivity contribution in [2.45, 2.75) is 25.3 Å². The number of nitrogens with one attached hydrogen (secondary N) is 2. The molecule has 0 saturated carbocycles. The lowest BCUT2D eigenvalue weighted by Crippen LogP contribution is -2.44. The monoisotopic (exact) mass is 438 g/mol. The van der Waals surface area contributed by atoms with Crippen LogP contribution in [-0.2, 0) is 9.53 Å². The lowest BCUT2D eigenvalue weighted by molar-refractivity contribution is -0.140. The Morgan fingerprint density at radius 2 is 1.81 bits per heavy atom. The van der Waals surface area contributed by atoms with E-state index in [-0.39, 0.29) is 36.9 Å². The molecule has 170 valence electrons. The second-order valence-electron chi connectivity index (χ2n) is 7.80. The molecule has 8 heteroatoms. The number of para-hydroxylation sites is 1. The van der Waals surface area contributed by atoms with Gasteiger partial charge in [0.15, 0.2) is 0 Å². The van der Waals surface area contributed by atoms with E-state index < -0.39 is 0 Å². The number of urea groups is 1. The minimum Gasteiger partial charge on any atom is -0.469 e. The fourth-order valence-electron chi connectivity index (χ4n) is 3.78. The van der Waals surface area contributed by atoms with E-state index in [2.05, 4.69) is 32.4 Å². The molecule has 0 radical (unpaired) electrons. The summed E-state index contributed by atoms with van der Waals surface area (Å²) in [6.07, 6.45) is 2.06. The third-order valence-electron chi connectivity index (χ3n) is 5.56. The topological polar surface area (TPSA) is 91.0 Å². The van der Waals surface area contributed by atoms with Crippen LogP contribution in [0.2, 0.25) is 0 Å². The molecule has 3 amide bonds. The zero-order valence-electron chi connectivity index (χ0n) is 18.5. The molecule has 2 aromatic carbocycles. The predicted molar refractivity (Wildman–Crippen MR) is 124 cm³/mol. The molecule has 1 atom stereocenters. The van der Waals surface area contributed by atoms with Crippen LogP contribution in [0.5, 0.6) is 0 Å². The van der Waals surface area contributed by atoms with Gasteiger partial charge < -0.3 is 25.2 Å². The number of benzene rings is 2. The number of carbonyl (C=O) groups is 3. The van der Waals surface area contributed by atoms with Crippen LogP contribution in [0.25, 0.3) is 0 Å². The number of rotatable bonds is 8. The van der Waals surface area contributed by atoms with Gasteiger partial charge in [0, 0.05) is 43.6 Å². The van der Waals surface area contributed by atoms with Crippen molar-refractivity contribution < 1.29 is 19.1 Å². The van der Waals surface area contributed by atoms with E-state index >= 15 is 0 Å². The van der Waals surface area contributed by atoms with E-state index in [1.807, 2.05) is 30.1 Å². The van der Waals surface area contributed by atoms with Crippen molar-refractivity contribution in [2.24, 2.45) is 0 Å². The van der Waals surface area contributed by atoms with Crippen LogP contribution in [0.15, 0.2) is 54.6 Å². The lowest BCUT2D eigenvalue weighted by atomic mass is 10.2. The molecule has 0 spiro atoms. The zero-order chi connectivity index (χ0) is 22.9. The Morgan fingerprint density at radius 3 is 2.50 bits per heavy atom. The van der Waals surface area contributed by atoms with E-state index in [0.29, 0.717) is 11.3 Å². The summed E-state index contributed by atoms with van der Waals surface area (Å²) < 4.78 is 4.55. The van der Waals surface area contributed by atoms with Crippen molar-refractivity contribution >= 4 is 29.3 Å². The number of methoxy groups -OCH3 is 1. The van der Waals surface area contributed by atoms with Crippen molar-refractivity contribution in [1.29, 1.82) is 0 Å². The minimum atomic E-state index is -0.376. The summed E-state index contributed by atoms with van der Waals surface area (Å²) in [5.41, 5.74) is 2.21. The second kappa shape index (κ2) is 11.2. The van der Waals surface area contributed by atoms with Crippen LogP contribution in [0.1, 0.15) is 29.6 Å². The molecular weight excluding hydrogens is 408 g/mol. The Labute approximate surface area is 188 Å². The maximum atomic E-state index is 12.9. The number of likely N-dealkylation sites (tertiary alicyclic amines) is 1. The Bertz CT molecular complexity index is 917. The average Bonchev–Trinajstić information content (AvgIpc) is 3.28. The molecule has 1 fully saturated rings. The number of carbonyl (C=O) groups excluding carboxylic acids is 3. The van der Waals surface area contributed by atoms with E-state index in [0.717, 1.165) is 31.6 Å². The van der Waals surface area contributed by atoms with Gasteiger partial charge in [0.25, 0.3) is 5.91 Å². The van der Waals surface area contributed by atoms with Crippen molar-refractivity contribution in [2.75, 3.05) is 44.0 Å². The Balaban J connectivity index is 1.52. The molecule has 2 aromatic rings. The van der Waals surface area contributed by atoms with Gasteiger partial charge >= 0.3 is 12.0 Å². The number of anilines is 2. The summed E-state index contributed by atoms with van der Waals surface area (Å²) in [7, 11) is 3.35. The van der Waals surface area contributed by atoms with Gasteiger partial charge in [-0.2, -0.15) is 0 Å². The summed E-state index contributed by atoms with van der Waals surface area (Å²) in [5, 5.41) is 5.60. The molecule has 1 aliphatic heterocycles. The highest BCUT2D eigenvalue weighted by molar-refractivity contribution is 5.95. The van der Waals surface area contributed by atoms with Crippen molar-refractivity contribution in [3.63, 3.8) is 0 Å². The maximum absolute atomic E-state index is 12.9. The summed E-state index contributed by atoms with van der Waals surface area (Å²) in [6, 6.07) is 16.8. The summed E-state index contributed by atoms with van der Waals surface area (Å²) in [6.45, 7) is 1.69. The molecule has 1 aliphatic rings. The zero-order valence-corrected chi connectivity index (χ0v) is 18.5. The van der Waals surface area contributed by atoms with Gasteiger partial charge in [-0.25, -0.2) is 4.79 Å². The first kappa shape index (κ1) is 23.1. The Hall–Kier alpha value is -3.55. The predicted octanol–water partition coefficient (Wildman–Crippen LogP) is 3.11. The normalized spacial score (nSPS) is 15.2. The van der Waals surface area contributed by atoms with E-state index in [4.69, 9.17) is 0 Å². The van der Waals surface area contributed by atoms with Gasteiger partial charge in [-0.3, -0.25) is 9.59 Å². The van der Waals surface area contributed by atoms with Crippen molar-refractivity contribution in [3.8, 4) is 0 Å². The third kappa shape index (κ3) is 6.23. The van der Waals surface area contributed by atoms with Crippen LogP contribution >= 0.6 is 0 Å². The maximum Gasteiger partial charge on any atom is 0.322 e. The summed E-state index contributed by atoms with van der Waals surface area (Å²) >= 11 is 0. The van der Waals surface area contributed by atoms with Crippen LogP contribution < -0.4 is 15.5 Å². The highest BCUT2D eigenvalue weighted by Crippen LogP contribution is 2.22. The molecule has 0 aromatic heterocycles. The van der Waals surface area contributed by atoms with E-state index in [1.54, 1.807) is 24.3 Å². The SMILES string of the molecule is COC(=O)CCNC(=O)c1ccc(NC(=O)N2CCC[C@H]2CN(C)c2ccccc2)cc1. The number of ether oxygens (including phenoxy) is 1. The van der Waals surface area contributed by atoms with Gasteiger partial charge in [-0.1, -0.05) is 18.2 Å². The standard InChI is InChI=1S/C24H30N4O4/c1-27(20-7-4-3-5-8-20)17-21-9-6-16-28(21)24(31)26-19-12-10-18(11-13-19)23(30)25-15-14-22(29)32-2/h3-5,7-8,10-13,21H,6,9,14-17H2,1-2H3,(H,25,30)(H,26,31)/t21-/m0/s1. The fourth-order valence-corrected chi connectivity index (χ4v) is 3.78. The van der Waals surface area contributed by atoms with Gasteiger partial charge in [-0.05, 0) is 49.2 Å². The minimum absolute atomic E-state index is 0.118. The number of hydrogen-bond donors (Lipinski definition) is 2.